The molecule has 0 aromatic heterocycles. The van der Waals surface area contributed by atoms with Crippen molar-refractivity contribution in [3.63, 3.8) is 0 Å². The van der Waals surface area contributed by atoms with Gasteiger partial charge in [-0.1, -0.05) is 30.0 Å². The van der Waals surface area contributed by atoms with Gasteiger partial charge in [0, 0.05) is 18.2 Å². The maximum absolute atomic E-state index is 10.8. The van der Waals surface area contributed by atoms with E-state index < -0.39 is 12.2 Å². The number of methoxy groups -OCH3 is 1. The number of thioether (sulfide) groups is 1. The minimum absolute atomic E-state index is 0.0868. The lowest BCUT2D eigenvalue weighted by Crippen LogP contribution is -2.21. The summed E-state index contributed by atoms with van der Waals surface area (Å²) in [5.41, 5.74) is 0.520. The maximum atomic E-state index is 10.8. The SMILES string of the molecule is COc1ccccc1C(O)C(O)CSC(C)=O. The molecule has 0 amide bonds. The number of rotatable bonds is 5. The Balaban J connectivity index is 2.73. The van der Waals surface area contributed by atoms with E-state index in [4.69, 9.17) is 4.74 Å². The number of carbonyl (C=O) groups excluding carboxylic acids is 1. The van der Waals surface area contributed by atoms with Crippen LogP contribution in [0.1, 0.15) is 18.6 Å². The standard InChI is InChI=1S/C12H16O4S/c1-8(13)17-7-10(14)12(15)9-5-3-4-6-11(9)16-2/h3-6,10,12,14-15H,7H2,1-2H3. The molecule has 2 atom stereocenters. The first-order valence-electron chi connectivity index (χ1n) is 5.18. The van der Waals surface area contributed by atoms with Crippen LogP contribution in [0.15, 0.2) is 24.3 Å². The summed E-state index contributed by atoms with van der Waals surface area (Å²) in [5.74, 6) is 0.682. The Morgan fingerprint density at radius 2 is 2.06 bits per heavy atom. The normalized spacial score (nSPS) is 14.1. The number of aliphatic hydroxyl groups is 2. The first-order valence-corrected chi connectivity index (χ1v) is 6.17. The van der Waals surface area contributed by atoms with E-state index in [2.05, 4.69) is 0 Å². The Morgan fingerprint density at radius 3 is 2.65 bits per heavy atom. The largest absolute Gasteiger partial charge is 0.496 e. The third kappa shape index (κ3) is 4.03. The summed E-state index contributed by atoms with van der Waals surface area (Å²) in [4.78, 5) is 10.8. The quantitative estimate of drug-likeness (QED) is 0.833. The molecule has 1 aromatic rings. The molecule has 0 saturated carbocycles. The van der Waals surface area contributed by atoms with Crippen molar-refractivity contribution in [1.82, 2.24) is 0 Å². The Hall–Kier alpha value is -1.04. The van der Waals surface area contributed by atoms with E-state index in [0.717, 1.165) is 11.8 Å². The van der Waals surface area contributed by atoms with Gasteiger partial charge in [-0.15, -0.1) is 0 Å². The number of hydrogen-bond donors (Lipinski definition) is 2. The molecule has 0 aliphatic rings. The van der Waals surface area contributed by atoms with Gasteiger partial charge >= 0.3 is 0 Å². The summed E-state index contributed by atoms with van der Waals surface area (Å²) in [6, 6.07) is 6.94. The first kappa shape index (κ1) is 14.0. The summed E-state index contributed by atoms with van der Waals surface area (Å²) in [7, 11) is 1.50. The van der Waals surface area contributed by atoms with E-state index >= 15 is 0 Å². The van der Waals surface area contributed by atoms with E-state index in [1.807, 2.05) is 0 Å². The van der Waals surface area contributed by atoms with Crippen molar-refractivity contribution in [2.75, 3.05) is 12.9 Å². The van der Waals surface area contributed by atoms with Crippen LogP contribution in [0.3, 0.4) is 0 Å². The molecule has 0 spiro atoms. The minimum atomic E-state index is -1.06. The highest BCUT2D eigenvalue weighted by Crippen LogP contribution is 2.28. The molecule has 0 fully saturated rings. The molecular formula is C12H16O4S. The monoisotopic (exact) mass is 256 g/mol. The summed E-state index contributed by atoms with van der Waals surface area (Å²) in [6.45, 7) is 1.42. The average Bonchev–Trinajstić information content (AvgIpc) is 2.34. The number of para-hydroxylation sites is 1. The molecule has 0 aliphatic heterocycles. The highest BCUT2D eigenvalue weighted by Gasteiger charge is 2.21. The fourth-order valence-electron chi connectivity index (χ4n) is 1.41. The first-order chi connectivity index (χ1) is 8.06. The van der Waals surface area contributed by atoms with Crippen LogP contribution in [-0.4, -0.2) is 34.3 Å². The van der Waals surface area contributed by atoms with Crippen molar-refractivity contribution in [2.24, 2.45) is 0 Å². The Labute approximate surface area is 105 Å². The van der Waals surface area contributed by atoms with Gasteiger partial charge in [-0.2, -0.15) is 0 Å². The van der Waals surface area contributed by atoms with Crippen LogP contribution in [0.4, 0.5) is 0 Å². The van der Waals surface area contributed by atoms with E-state index in [0.29, 0.717) is 11.3 Å². The molecule has 0 radical (unpaired) electrons. The summed E-state index contributed by atoms with van der Waals surface area (Å²) >= 11 is 0.986. The number of aliphatic hydroxyl groups excluding tert-OH is 2. The van der Waals surface area contributed by atoms with Crippen LogP contribution in [0.25, 0.3) is 0 Å². The minimum Gasteiger partial charge on any atom is -0.496 e. The van der Waals surface area contributed by atoms with Gasteiger partial charge in [-0.3, -0.25) is 4.79 Å². The fourth-order valence-corrected chi connectivity index (χ4v) is 2.00. The number of carbonyl (C=O) groups is 1. The molecule has 0 bridgehead atoms. The topological polar surface area (TPSA) is 66.8 Å². The third-order valence-electron chi connectivity index (χ3n) is 2.28. The van der Waals surface area contributed by atoms with Crippen molar-refractivity contribution in [1.29, 1.82) is 0 Å². The van der Waals surface area contributed by atoms with E-state index in [-0.39, 0.29) is 10.9 Å². The van der Waals surface area contributed by atoms with Gasteiger partial charge in [0.2, 0.25) is 0 Å². The van der Waals surface area contributed by atoms with Gasteiger partial charge in [0.15, 0.2) is 5.12 Å². The molecule has 94 valence electrons. The zero-order chi connectivity index (χ0) is 12.8. The second-order valence-corrected chi connectivity index (χ2v) is 4.75. The fraction of sp³-hybridized carbons (Fsp3) is 0.417. The molecule has 0 heterocycles. The second-order valence-electron chi connectivity index (χ2n) is 3.56. The summed E-state index contributed by atoms with van der Waals surface area (Å²) in [5, 5.41) is 19.6. The molecule has 4 nitrogen and oxygen atoms in total. The maximum Gasteiger partial charge on any atom is 0.185 e. The molecule has 0 saturated heterocycles. The van der Waals surface area contributed by atoms with Gasteiger partial charge in [0.05, 0.1) is 13.2 Å². The van der Waals surface area contributed by atoms with E-state index in [1.54, 1.807) is 24.3 Å². The average molecular weight is 256 g/mol. The number of ether oxygens (including phenoxy) is 1. The number of hydrogen-bond acceptors (Lipinski definition) is 5. The van der Waals surface area contributed by atoms with Crippen molar-refractivity contribution in [3.05, 3.63) is 29.8 Å². The summed E-state index contributed by atoms with van der Waals surface area (Å²) < 4.78 is 5.10. The van der Waals surface area contributed by atoms with Gasteiger partial charge < -0.3 is 14.9 Å². The Morgan fingerprint density at radius 1 is 1.41 bits per heavy atom. The second kappa shape index (κ2) is 6.64. The van der Waals surface area contributed by atoms with Crippen molar-refractivity contribution in [2.45, 2.75) is 19.1 Å². The van der Waals surface area contributed by atoms with Gasteiger partial charge in [-0.25, -0.2) is 0 Å². The van der Waals surface area contributed by atoms with Crippen LogP contribution in [0.5, 0.6) is 5.75 Å². The molecule has 1 aromatic carbocycles. The van der Waals surface area contributed by atoms with Crippen LogP contribution < -0.4 is 4.74 Å². The van der Waals surface area contributed by atoms with Gasteiger partial charge in [0.1, 0.15) is 11.9 Å². The molecule has 17 heavy (non-hydrogen) atoms. The van der Waals surface area contributed by atoms with Crippen molar-refractivity contribution >= 4 is 16.9 Å². The van der Waals surface area contributed by atoms with E-state index in [1.165, 1.54) is 14.0 Å². The highest BCUT2D eigenvalue weighted by molar-refractivity contribution is 8.13. The van der Waals surface area contributed by atoms with Crippen LogP contribution >= 0.6 is 11.8 Å². The van der Waals surface area contributed by atoms with E-state index in [9.17, 15) is 15.0 Å². The molecule has 0 aliphatic carbocycles. The zero-order valence-corrected chi connectivity index (χ0v) is 10.6. The molecule has 5 heteroatoms. The molecule has 2 N–H and O–H groups in total. The van der Waals surface area contributed by atoms with Crippen molar-refractivity contribution < 1.29 is 19.7 Å². The Kier molecular flexibility index (Phi) is 5.47. The number of benzene rings is 1. The predicted octanol–water partition coefficient (Wildman–Crippen LogP) is 1.37. The molecular weight excluding hydrogens is 240 g/mol. The lowest BCUT2D eigenvalue weighted by molar-refractivity contribution is -0.109. The third-order valence-corrected chi connectivity index (χ3v) is 3.19. The highest BCUT2D eigenvalue weighted by atomic mass is 32.2. The van der Waals surface area contributed by atoms with Gasteiger partial charge in [-0.05, 0) is 6.07 Å². The lowest BCUT2D eigenvalue weighted by atomic mass is 10.0. The summed E-state index contributed by atoms with van der Waals surface area (Å²) in [6.07, 6.45) is -2.06. The Bertz CT molecular complexity index is 381. The van der Waals surface area contributed by atoms with Crippen LogP contribution in [0, 0.1) is 0 Å². The predicted molar refractivity (Wildman–Crippen MR) is 67.1 cm³/mol. The molecule has 1 rings (SSSR count). The smallest absolute Gasteiger partial charge is 0.185 e. The van der Waals surface area contributed by atoms with Crippen LogP contribution in [0.2, 0.25) is 0 Å². The van der Waals surface area contributed by atoms with Gasteiger partial charge in [0.25, 0.3) is 0 Å². The molecule has 2 unspecified atom stereocenters. The lowest BCUT2D eigenvalue weighted by Gasteiger charge is -2.19. The van der Waals surface area contributed by atoms with Crippen molar-refractivity contribution in [3.8, 4) is 5.75 Å². The zero-order valence-electron chi connectivity index (χ0n) is 9.79. The van der Waals surface area contributed by atoms with Crippen LogP contribution in [-0.2, 0) is 4.79 Å².